The maximum Gasteiger partial charge on any atom is 0.277 e. The minimum Gasteiger partial charge on any atom is -0.369 e. The fourth-order valence-electron chi connectivity index (χ4n) is 4.11. The van der Waals surface area contributed by atoms with Gasteiger partial charge in [0.1, 0.15) is 12.0 Å². The van der Waals surface area contributed by atoms with Crippen LogP contribution in [-0.4, -0.2) is 57.5 Å². The predicted molar refractivity (Wildman–Crippen MR) is 141 cm³/mol. The molecule has 1 aliphatic rings. The first-order valence-electron chi connectivity index (χ1n) is 10.8. The zero-order valence-electron chi connectivity index (χ0n) is 18.8. The number of aromatic amines is 1. The number of aryl methyl sites for hydroxylation is 1. The molecule has 0 bridgehead atoms. The maximum atomic E-state index is 13.3. The quantitative estimate of drug-likeness (QED) is 0.297. The summed E-state index contributed by atoms with van der Waals surface area (Å²) in [5, 5.41) is 6.11. The molecule has 2 aromatic heterocycles. The molecule has 0 radical (unpaired) electrons. The molecule has 2 aromatic carbocycles. The van der Waals surface area contributed by atoms with E-state index in [4.69, 9.17) is 5.73 Å². The Balaban J connectivity index is 0.00000289. The lowest BCUT2D eigenvalue weighted by molar-refractivity contribution is 0.0970. The molecule has 1 fully saturated rings. The Morgan fingerprint density at radius 3 is 2.66 bits per heavy atom. The normalized spacial score (nSPS) is 13.5. The second-order valence-electron chi connectivity index (χ2n) is 8.08. The van der Waals surface area contributed by atoms with E-state index < -0.39 is 11.8 Å². The Morgan fingerprint density at radius 2 is 1.91 bits per heavy atom. The van der Waals surface area contributed by atoms with Gasteiger partial charge < -0.3 is 20.9 Å². The van der Waals surface area contributed by atoms with Crippen LogP contribution in [0.5, 0.6) is 0 Å². The van der Waals surface area contributed by atoms with Gasteiger partial charge in [-0.25, -0.2) is 9.97 Å². The van der Waals surface area contributed by atoms with E-state index in [1.807, 2.05) is 43.3 Å². The third kappa shape index (κ3) is 4.88. The lowest BCUT2D eigenvalue weighted by atomic mass is 10.2. The first kappa shape index (κ1) is 24.7. The average molecular weight is 560 g/mol. The molecule has 2 amide bonds. The van der Waals surface area contributed by atoms with Gasteiger partial charge in [-0.15, -0.1) is 12.4 Å². The van der Waals surface area contributed by atoms with E-state index in [2.05, 4.69) is 46.4 Å². The van der Waals surface area contributed by atoms with E-state index >= 15 is 0 Å². The molecule has 5 N–H and O–H groups in total. The topological polar surface area (TPSA) is 134 Å². The number of amides is 2. The van der Waals surface area contributed by atoms with Crippen molar-refractivity contribution < 1.29 is 9.59 Å². The monoisotopic (exact) mass is 558 g/mol. The van der Waals surface area contributed by atoms with Crippen LogP contribution in [0.4, 0.5) is 11.6 Å². The van der Waals surface area contributed by atoms with E-state index in [0.717, 1.165) is 52.9 Å². The van der Waals surface area contributed by atoms with Gasteiger partial charge in [0.05, 0.1) is 16.7 Å². The highest BCUT2D eigenvalue weighted by atomic mass is 79.9. The fourth-order valence-corrected chi connectivity index (χ4v) is 4.46. The van der Waals surface area contributed by atoms with E-state index in [1.54, 1.807) is 4.57 Å². The molecule has 182 valence electrons. The van der Waals surface area contributed by atoms with Crippen LogP contribution in [0.1, 0.15) is 26.5 Å². The second kappa shape index (κ2) is 10.1. The number of piperazine rings is 1. The third-order valence-electron chi connectivity index (χ3n) is 5.83. The smallest absolute Gasteiger partial charge is 0.277 e. The number of imidazole rings is 2. The molecule has 0 unspecified atom stereocenters. The highest BCUT2D eigenvalue weighted by molar-refractivity contribution is 9.10. The van der Waals surface area contributed by atoms with Crippen LogP contribution < -0.4 is 21.3 Å². The Morgan fingerprint density at radius 1 is 1.14 bits per heavy atom. The Labute approximate surface area is 215 Å². The van der Waals surface area contributed by atoms with Crippen molar-refractivity contribution in [1.82, 2.24) is 24.8 Å². The number of hydrogen-bond acceptors (Lipinski definition) is 6. The minimum atomic E-state index is -0.790. The summed E-state index contributed by atoms with van der Waals surface area (Å²) in [7, 11) is 0. The molecule has 10 nitrogen and oxygen atoms in total. The van der Waals surface area contributed by atoms with Gasteiger partial charge in [0.15, 0.2) is 5.69 Å². The summed E-state index contributed by atoms with van der Waals surface area (Å²) in [5.74, 6) is -1.07. The lowest BCUT2D eigenvalue weighted by Gasteiger charge is -2.29. The van der Waals surface area contributed by atoms with Gasteiger partial charge in [0.25, 0.3) is 11.8 Å². The number of benzene rings is 2. The van der Waals surface area contributed by atoms with Crippen molar-refractivity contribution in [1.29, 1.82) is 0 Å². The van der Waals surface area contributed by atoms with Crippen LogP contribution in [0.2, 0.25) is 0 Å². The number of primary amides is 1. The highest BCUT2D eigenvalue weighted by Crippen LogP contribution is 2.25. The molecule has 1 saturated heterocycles. The summed E-state index contributed by atoms with van der Waals surface area (Å²) < 4.78 is 2.38. The van der Waals surface area contributed by atoms with Crippen LogP contribution in [-0.2, 0) is 0 Å². The van der Waals surface area contributed by atoms with E-state index in [1.165, 1.54) is 6.33 Å². The van der Waals surface area contributed by atoms with Crippen LogP contribution in [0.25, 0.3) is 16.7 Å². The molecule has 0 saturated carbocycles. The van der Waals surface area contributed by atoms with Gasteiger partial charge in [-0.2, -0.15) is 0 Å². The van der Waals surface area contributed by atoms with Gasteiger partial charge in [-0.3, -0.25) is 19.5 Å². The number of carbonyl (C=O) groups excluding carboxylic acids is 2. The number of carbonyl (C=O) groups is 2. The molecular weight excluding hydrogens is 536 g/mol. The summed E-state index contributed by atoms with van der Waals surface area (Å²) in [6.07, 6.45) is 1.42. The van der Waals surface area contributed by atoms with E-state index in [9.17, 15) is 9.59 Å². The van der Waals surface area contributed by atoms with Crippen LogP contribution >= 0.6 is 28.3 Å². The number of hydrogen-bond donors (Lipinski definition) is 4. The molecule has 35 heavy (non-hydrogen) atoms. The number of nitrogens with two attached hydrogens (primary N) is 1. The van der Waals surface area contributed by atoms with Crippen LogP contribution in [0, 0.1) is 6.92 Å². The first-order valence-corrected chi connectivity index (χ1v) is 11.6. The van der Waals surface area contributed by atoms with E-state index in [-0.39, 0.29) is 29.7 Å². The zero-order chi connectivity index (χ0) is 23.8. The molecule has 5 rings (SSSR count). The molecule has 0 aliphatic carbocycles. The van der Waals surface area contributed by atoms with Crippen molar-refractivity contribution in [3.63, 3.8) is 0 Å². The standard InChI is InChI=1S/C23H23BrN8O2.ClH/c1-13-2-3-14(24)10-18(13)32-12-27-19(21(25)33)20(32)22(34)30-23-28-16-5-4-15(11-17(16)29-23)31-8-6-26-7-9-31;/h2-5,10-12,26H,6-9H2,1H3,(H2,25,33)(H2,28,29,30,34);1H. The van der Waals surface area contributed by atoms with Crippen molar-refractivity contribution in [2.45, 2.75) is 6.92 Å². The summed E-state index contributed by atoms with van der Waals surface area (Å²) >= 11 is 3.45. The molecule has 3 heterocycles. The molecule has 4 aromatic rings. The average Bonchev–Trinajstić information content (AvgIpc) is 3.44. The van der Waals surface area contributed by atoms with Crippen molar-refractivity contribution >= 4 is 62.8 Å². The Hall–Kier alpha value is -3.41. The van der Waals surface area contributed by atoms with Gasteiger partial charge in [-0.1, -0.05) is 22.0 Å². The number of H-pyrrole nitrogens is 1. The summed E-state index contributed by atoms with van der Waals surface area (Å²) in [6.45, 7) is 5.64. The van der Waals surface area contributed by atoms with Gasteiger partial charge in [0.2, 0.25) is 5.95 Å². The molecular formula is C23H24BrClN8O2. The number of halogens is 2. The third-order valence-corrected chi connectivity index (χ3v) is 6.32. The van der Waals surface area contributed by atoms with Crippen molar-refractivity contribution in [3.8, 4) is 5.69 Å². The summed E-state index contributed by atoms with van der Waals surface area (Å²) in [6, 6.07) is 11.6. The molecule has 0 spiro atoms. The number of fused-ring (bicyclic) bond motifs is 1. The zero-order valence-corrected chi connectivity index (χ0v) is 21.2. The Bertz CT molecular complexity index is 1410. The van der Waals surface area contributed by atoms with Gasteiger partial charge >= 0.3 is 0 Å². The number of anilines is 2. The summed E-state index contributed by atoms with van der Waals surface area (Å²) in [5.41, 5.74) is 9.65. The van der Waals surface area contributed by atoms with Gasteiger partial charge in [-0.05, 0) is 42.8 Å². The van der Waals surface area contributed by atoms with Crippen LogP contribution in [0.3, 0.4) is 0 Å². The SMILES string of the molecule is Cc1ccc(Br)cc1-n1cnc(C(N)=O)c1C(=O)Nc1nc2ccc(N3CCNCC3)cc2[nH]1.Cl. The number of nitrogens with zero attached hydrogens (tertiary/aromatic N) is 4. The van der Waals surface area contributed by atoms with Crippen molar-refractivity contribution in [2.24, 2.45) is 5.73 Å². The maximum absolute atomic E-state index is 13.3. The second-order valence-corrected chi connectivity index (χ2v) is 9.00. The molecule has 12 heteroatoms. The number of nitrogens with one attached hydrogen (secondary N) is 3. The first-order chi connectivity index (χ1) is 16.4. The number of rotatable bonds is 5. The molecule has 0 atom stereocenters. The molecule has 1 aliphatic heterocycles. The van der Waals surface area contributed by atoms with Crippen molar-refractivity contribution in [3.05, 3.63) is 64.1 Å². The Kier molecular flexibility index (Phi) is 7.10. The summed E-state index contributed by atoms with van der Waals surface area (Å²) in [4.78, 5) is 39.4. The van der Waals surface area contributed by atoms with Gasteiger partial charge in [0, 0.05) is 36.3 Å². The lowest BCUT2D eigenvalue weighted by Crippen LogP contribution is -2.43. The minimum absolute atomic E-state index is 0. The highest BCUT2D eigenvalue weighted by Gasteiger charge is 2.25. The van der Waals surface area contributed by atoms with E-state index in [0.29, 0.717) is 5.69 Å². The largest absolute Gasteiger partial charge is 0.369 e. The van der Waals surface area contributed by atoms with Crippen molar-refractivity contribution in [2.75, 3.05) is 36.4 Å². The number of aromatic nitrogens is 4. The van der Waals surface area contributed by atoms with Crippen LogP contribution in [0.15, 0.2) is 47.2 Å². The predicted octanol–water partition coefficient (Wildman–Crippen LogP) is 3.00. The fraction of sp³-hybridized carbons (Fsp3) is 0.217.